The van der Waals surface area contributed by atoms with E-state index in [2.05, 4.69) is 17.7 Å². The summed E-state index contributed by atoms with van der Waals surface area (Å²) in [5.41, 5.74) is 4.87. The smallest absolute Gasteiger partial charge is 0.357 e. The molecule has 4 rings (SSSR count). The van der Waals surface area contributed by atoms with Gasteiger partial charge in [-0.25, -0.2) is 0 Å². The van der Waals surface area contributed by atoms with Crippen LogP contribution in [0.1, 0.15) is 62.5 Å². The molecule has 0 aromatic heterocycles. The minimum absolute atomic E-state index is 0.311. The van der Waals surface area contributed by atoms with Gasteiger partial charge in [0.15, 0.2) is 0 Å². The van der Waals surface area contributed by atoms with E-state index in [1.165, 1.54) is 50.3 Å². The van der Waals surface area contributed by atoms with E-state index in [9.17, 15) is 8.42 Å². The Morgan fingerprint density at radius 1 is 1.27 bits per heavy atom. The van der Waals surface area contributed by atoms with Gasteiger partial charge in [-0.3, -0.25) is 9.27 Å². The molecule has 1 aromatic carbocycles. The first-order valence-electron chi connectivity index (χ1n) is 9.53. The Morgan fingerprint density at radius 3 is 2.77 bits per heavy atom. The molecule has 2 N–H and O–H groups in total. The minimum Gasteiger partial charge on any atom is -0.495 e. The number of hydrogen-bond acceptors (Lipinski definition) is 3. The Labute approximate surface area is 155 Å². The lowest BCUT2D eigenvalue weighted by atomic mass is 9.57. The molecule has 5 nitrogen and oxygen atoms in total. The second-order valence-corrected chi connectivity index (χ2v) is 9.11. The van der Waals surface area contributed by atoms with Crippen molar-refractivity contribution >= 4 is 16.0 Å². The van der Waals surface area contributed by atoms with Crippen molar-refractivity contribution < 1.29 is 17.7 Å². The number of hydrogen-bond donors (Lipinski definition) is 2. The number of aryl methyl sites for hydroxylation is 1. The van der Waals surface area contributed by atoms with Crippen LogP contribution in [0.5, 0.6) is 5.75 Å². The molecular formula is C20H27NO4S. The van der Waals surface area contributed by atoms with Gasteiger partial charge in [-0.15, -0.1) is 0 Å². The van der Waals surface area contributed by atoms with Crippen molar-refractivity contribution in [2.45, 2.75) is 57.8 Å². The fourth-order valence-electron chi connectivity index (χ4n) is 5.72. The highest BCUT2D eigenvalue weighted by atomic mass is 32.2. The van der Waals surface area contributed by atoms with Crippen molar-refractivity contribution in [2.75, 3.05) is 11.8 Å². The maximum absolute atomic E-state index is 11.2. The summed E-state index contributed by atoms with van der Waals surface area (Å²) >= 11 is 0. The zero-order valence-electron chi connectivity index (χ0n) is 15.4. The molecule has 0 heterocycles. The molecule has 0 amide bonds. The average molecular weight is 378 g/mol. The summed E-state index contributed by atoms with van der Waals surface area (Å²) in [6.45, 7) is 2.33. The Morgan fingerprint density at radius 2 is 2.08 bits per heavy atom. The number of anilines is 1. The maximum Gasteiger partial charge on any atom is 0.357 e. The minimum atomic E-state index is -4.32. The van der Waals surface area contributed by atoms with Crippen LogP contribution in [-0.4, -0.2) is 20.1 Å². The Balaban J connectivity index is 1.73. The average Bonchev–Trinajstić information content (AvgIpc) is 3.04. The highest BCUT2D eigenvalue weighted by Gasteiger charge is 2.47. The molecule has 26 heavy (non-hydrogen) atoms. The Kier molecular flexibility index (Phi) is 4.31. The van der Waals surface area contributed by atoms with E-state index >= 15 is 0 Å². The molecule has 142 valence electrons. The van der Waals surface area contributed by atoms with Crippen molar-refractivity contribution in [2.24, 2.45) is 11.3 Å². The van der Waals surface area contributed by atoms with E-state index < -0.39 is 10.3 Å². The monoisotopic (exact) mass is 377 g/mol. The van der Waals surface area contributed by atoms with Crippen LogP contribution in [-0.2, 0) is 16.7 Å². The fraction of sp³-hybridized carbons (Fsp3) is 0.600. The second kappa shape index (κ2) is 6.27. The summed E-state index contributed by atoms with van der Waals surface area (Å²) in [7, 11) is -2.79. The number of rotatable bonds is 4. The highest BCUT2D eigenvalue weighted by molar-refractivity contribution is 7.87. The van der Waals surface area contributed by atoms with Gasteiger partial charge in [0.1, 0.15) is 5.75 Å². The number of benzene rings is 1. The Hall–Kier alpha value is -1.53. The standard InChI is InChI=1S/C20H27NO4S/c1-3-20-9-4-5-17(20)15-7-6-13-11-18(21-26(22,23)24)19(25-2)12-16(13)14(15)8-10-20/h5,11-12,14-15,21H,3-4,6-10H2,1-2H3,(H,22,23,24)/t14-,15+,20-/m0/s1. The Bertz CT molecular complexity index is 861. The van der Waals surface area contributed by atoms with E-state index in [-0.39, 0.29) is 0 Å². The lowest BCUT2D eigenvalue weighted by Crippen LogP contribution is -2.36. The predicted octanol–water partition coefficient (Wildman–Crippen LogP) is 4.47. The molecule has 0 aliphatic heterocycles. The van der Waals surface area contributed by atoms with E-state index in [1.807, 2.05) is 12.1 Å². The lowest BCUT2D eigenvalue weighted by molar-refractivity contribution is 0.192. The summed E-state index contributed by atoms with van der Waals surface area (Å²) in [4.78, 5) is 0. The van der Waals surface area contributed by atoms with Crippen LogP contribution in [0, 0.1) is 11.3 Å². The zero-order chi connectivity index (χ0) is 18.5. The number of allylic oxidation sites excluding steroid dienone is 2. The third-order valence-corrected chi connectivity index (χ3v) is 7.40. The normalized spacial score (nSPS) is 30.0. The van der Waals surface area contributed by atoms with Gasteiger partial charge in [-0.05, 0) is 85.5 Å². The van der Waals surface area contributed by atoms with E-state index in [0.29, 0.717) is 28.7 Å². The first-order chi connectivity index (χ1) is 12.4. The zero-order valence-corrected chi connectivity index (χ0v) is 16.2. The highest BCUT2D eigenvalue weighted by Crippen LogP contribution is 2.60. The fourth-order valence-corrected chi connectivity index (χ4v) is 6.15. The summed E-state index contributed by atoms with van der Waals surface area (Å²) in [5.74, 6) is 1.55. The van der Waals surface area contributed by atoms with Gasteiger partial charge < -0.3 is 4.74 Å². The molecule has 3 atom stereocenters. The first kappa shape index (κ1) is 17.9. The lowest BCUT2D eigenvalue weighted by Gasteiger charge is -2.47. The van der Waals surface area contributed by atoms with Crippen molar-refractivity contribution in [1.82, 2.24) is 0 Å². The van der Waals surface area contributed by atoms with E-state index in [0.717, 1.165) is 12.8 Å². The molecule has 3 aliphatic carbocycles. The van der Waals surface area contributed by atoms with Crippen LogP contribution in [0.4, 0.5) is 5.69 Å². The quantitative estimate of drug-likeness (QED) is 0.600. The van der Waals surface area contributed by atoms with Gasteiger partial charge in [0.2, 0.25) is 0 Å². The van der Waals surface area contributed by atoms with Crippen LogP contribution in [0.3, 0.4) is 0 Å². The van der Waals surface area contributed by atoms with Gasteiger partial charge in [0, 0.05) is 0 Å². The summed E-state index contributed by atoms with van der Waals surface area (Å²) < 4.78 is 39.2. The molecule has 3 aliphatic rings. The van der Waals surface area contributed by atoms with Crippen LogP contribution in [0.2, 0.25) is 0 Å². The van der Waals surface area contributed by atoms with Crippen LogP contribution < -0.4 is 9.46 Å². The maximum atomic E-state index is 11.2. The molecule has 1 aromatic rings. The van der Waals surface area contributed by atoms with Gasteiger partial charge in [-0.2, -0.15) is 8.42 Å². The van der Waals surface area contributed by atoms with Crippen LogP contribution >= 0.6 is 0 Å². The molecule has 0 unspecified atom stereocenters. The molecule has 0 radical (unpaired) electrons. The number of nitrogens with one attached hydrogen (secondary N) is 1. The first-order valence-corrected chi connectivity index (χ1v) is 11.0. The molecule has 1 fully saturated rings. The number of ether oxygens (including phenoxy) is 1. The van der Waals surface area contributed by atoms with Crippen molar-refractivity contribution in [3.8, 4) is 5.75 Å². The van der Waals surface area contributed by atoms with Crippen molar-refractivity contribution in [3.63, 3.8) is 0 Å². The van der Waals surface area contributed by atoms with Gasteiger partial charge in [0.05, 0.1) is 12.8 Å². The van der Waals surface area contributed by atoms with Crippen LogP contribution in [0.25, 0.3) is 0 Å². The third-order valence-electron chi connectivity index (χ3n) is 6.92. The number of fused-ring (bicyclic) bond motifs is 5. The second-order valence-electron chi connectivity index (χ2n) is 7.95. The number of methoxy groups -OCH3 is 1. The summed E-state index contributed by atoms with van der Waals surface area (Å²) in [6.07, 6.45) is 10.7. The molecule has 1 saturated carbocycles. The largest absolute Gasteiger partial charge is 0.495 e. The van der Waals surface area contributed by atoms with E-state index in [4.69, 9.17) is 9.29 Å². The van der Waals surface area contributed by atoms with E-state index in [1.54, 1.807) is 5.57 Å². The van der Waals surface area contributed by atoms with Crippen molar-refractivity contribution in [3.05, 3.63) is 34.9 Å². The predicted molar refractivity (Wildman–Crippen MR) is 102 cm³/mol. The molecule has 0 saturated heterocycles. The van der Waals surface area contributed by atoms with Crippen molar-refractivity contribution in [1.29, 1.82) is 0 Å². The summed E-state index contributed by atoms with van der Waals surface area (Å²) in [5, 5.41) is 0. The van der Waals surface area contributed by atoms with Crippen LogP contribution in [0.15, 0.2) is 23.8 Å². The summed E-state index contributed by atoms with van der Waals surface area (Å²) in [6, 6.07) is 3.82. The SMILES string of the molecule is CC[C@@]12CCC=C1[C@@H]1CCc3cc(NS(=O)(=O)O)c(OC)cc3[C@H]1CC2. The topological polar surface area (TPSA) is 75.6 Å². The molecule has 0 bridgehead atoms. The third kappa shape index (κ3) is 2.83. The molecular weight excluding hydrogens is 350 g/mol. The molecule has 0 spiro atoms. The van der Waals surface area contributed by atoms with Gasteiger partial charge in [-0.1, -0.05) is 18.6 Å². The molecule has 6 heteroatoms. The van der Waals surface area contributed by atoms with Gasteiger partial charge >= 0.3 is 10.3 Å². The van der Waals surface area contributed by atoms with Gasteiger partial charge in [0.25, 0.3) is 0 Å².